The van der Waals surface area contributed by atoms with E-state index in [-0.39, 0.29) is 5.91 Å². The number of carbonyl (C=O) groups is 1. The summed E-state index contributed by atoms with van der Waals surface area (Å²) in [6, 6.07) is 15.7. The highest BCUT2D eigenvalue weighted by atomic mass is 32.1. The van der Waals surface area contributed by atoms with Crippen LogP contribution in [0.5, 0.6) is 0 Å². The lowest BCUT2D eigenvalue weighted by atomic mass is 10.0. The fraction of sp³-hybridized carbons (Fsp3) is 0.333. The van der Waals surface area contributed by atoms with Crippen molar-refractivity contribution >= 4 is 17.2 Å². The van der Waals surface area contributed by atoms with Crippen LogP contribution in [0.1, 0.15) is 23.3 Å². The number of thiophene rings is 1. The number of amides is 1. The molecule has 2 fully saturated rings. The summed E-state index contributed by atoms with van der Waals surface area (Å²) in [6.45, 7) is 2.51. The molecule has 0 saturated carbocycles. The lowest BCUT2D eigenvalue weighted by Gasteiger charge is -2.37. The van der Waals surface area contributed by atoms with Gasteiger partial charge in [0.15, 0.2) is 5.79 Å². The van der Waals surface area contributed by atoms with Crippen LogP contribution in [0.4, 0.5) is 0 Å². The van der Waals surface area contributed by atoms with Gasteiger partial charge in [-0.15, -0.1) is 11.3 Å². The van der Waals surface area contributed by atoms with E-state index in [9.17, 15) is 4.79 Å². The summed E-state index contributed by atoms with van der Waals surface area (Å²) < 4.78 is 13.3. The van der Waals surface area contributed by atoms with Gasteiger partial charge < -0.3 is 14.4 Å². The summed E-state index contributed by atoms with van der Waals surface area (Å²) in [5.74, 6) is -0.495. The Hall–Kier alpha value is -2.48. The van der Waals surface area contributed by atoms with Crippen molar-refractivity contribution in [2.24, 2.45) is 0 Å². The van der Waals surface area contributed by atoms with Gasteiger partial charge in [-0.3, -0.25) is 4.79 Å². The molecule has 1 spiro atoms. The van der Waals surface area contributed by atoms with E-state index in [1.807, 2.05) is 58.8 Å². The lowest BCUT2D eigenvalue weighted by molar-refractivity contribution is -0.181. The van der Waals surface area contributed by atoms with Gasteiger partial charge in [0.2, 0.25) is 0 Å². The van der Waals surface area contributed by atoms with E-state index in [1.165, 1.54) is 0 Å². The zero-order valence-electron chi connectivity index (χ0n) is 15.4. The molecule has 2 aromatic heterocycles. The topological polar surface area (TPSA) is 56.6 Å². The number of likely N-dealkylation sites (tertiary alicyclic amines) is 1. The highest BCUT2D eigenvalue weighted by molar-refractivity contribution is 7.13. The van der Waals surface area contributed by atoms with Crippen molar-refractivity contribution in [1.82, 2.24) is 14.7 Å². The molecule has 0 atom stereocenters. The zero-order chi connectivity index (χ0) is 19.0. The van der Waals surface area contributed by atoms with Crippen LogP contribution in [0.2, 0.25) is 0 Å². The number of hydrogen-bond donors (Lipinski definition) is 0. The highest BCUT2D eigenvalue weighted by Gasteiger charge is 2.41. The van der Waals surface area contributed by atoms with Gasteiger partial charge in [-0.25, -0.2) is 4.68 Å². The maximum absolute atomic E-state index is 13.4. The molecule has 2 aliphatic heterocycles. The van der Waals surface area contributed by atoms with E-state index in [0.29, 0.717) is 44.8 Å². The van der Waals surface area contributed by atoms with E-state index in [1.54, 1.807) is 16.0 Å². The Labute approximate surface area is 167 Å². The molecule has 1 aromatic carbocycles. The van der Waals surface area contributed by atoms with E-state index in [4.69, 9.17) is 14.6 Å². The van der Waals surface area contributed by atoms with Gasteiger partial charge in [0.1, 0.15) is 11.4 Å². The maximum atomic E-state index is 13.4. The van der Waals surface area contributed by atoms with Crippen LogP contribution in [-0.4, -0.2) is 52.7 Å². The van der Waals surface area contributed by atoms with Crippen molar-refractivity contribution in [2.75, 3.05) is 26.3 Å². The summed E-state index contributed by atoms with van der Waals surface area (Å²) in [4.78, 5) is 16.3. The minimum absolute atomic E-state index is 0.00740. The predicted octanol–water partition coefficient (Wildman–Crippen LogP) is 3.58. The molecule has 4 heterocycles. The fourth-order valence-corrected chi connectivity index (χ4v) is 4.52. The first kappa shape index (κ1) is 17.6. The molecule has 7 heteroatoms. The van der Waals surface area contributed by atoms with Crippen molar-refractivity contribution in [3.8, 4) is 16.3 Å². The molecule has 0 radical (unpaired) electrons. The van der Waals surface area contributed by atoms with Crippen LogP contribution in [0.3, 0.4) is 0 Å². The normalized spacial score (nSPS) is 18.6. The standard InChI is InChI=1S/C21H21N3O3S/c25-20(23-10-8-21(9-11-23)26-12-13-27-21)18-15-17(19-7-4-14-28-19)22-24(18)16-5-2-1-3-6-16/h1-7,14-15H,8-13H2. The highest BCUT2D eigenvalue weighted by Crippen LogP contribution is 2.32. The molecule has 0 unspecified atom stereocenters. The monoisotopic (exact) mass is 395 g/mol. The number of benzene rings is 1. The van der Waals surface area contributed by atoms with Gasteiger partial charge in [-0.05, 0) is 29.6 Å². The van der Waals surface area contributed by atoms with Gasteiger partial charge in [-0.1, -0.05) is 24.3 Å². The second-order valence-electron chi connectivity index (χ2n) is 7.04. The number of carbonyl (C=O) groups excluding carboxylic acids is 1. The van der Waals surface area contributed by atoms with E-state index in [2.05, 4.69) is 0 Å². The number of ether oxygens (including phenoxy) is 2. The van der Waals surface area contributed by atoms with E-state index in [0.717, 1.165) is 16.3 Å². The first-order valence-electron chi connectivity index (χ1n) is 9.51. The van der Waals surface area contributed by atoms with Gasteiger partial charge in [-0.2, -0.15) is 5.10 Å². The second kappa shape index (κ2) is 7.16. The number of para-hydroxylation sites is 1. The Balaban J connectivity index is 1.46. The summed E-state index contributed by atoms with van der Waals surface area (Å²) in [5.41, 5.74) is 2.28. The Morgan fingerprint density at radius 1 is 1.04 bits per heavy atom. The van der Waals surface area contributed by atoms with Gasteiger partial charge in [0, 0.05) is 25.9 Å². The predicted molar refractivity (Wildman–Crippen MR) is 107 cm³/mol. The molecule has 0 bridgehead atoms. The Bertz CT molecular complexity index is 952. The summed E-state index contributed by atoms with van der Waals surface area (Å²) in [7, 11) is 0. The number of aromatic nitrogens is 2. The molecule has 0 N–H and O–H groups in total. The van der Waals surface area contributed by atoms with Crippen LogP contribution in [0, 0.1) is 0 Å². The minimum atomic E-state index is -0.488. The van der Waals surface area contributed by atoms with Gasteiger partial charge >= 0.3 is 0 Å². The van der Waals surface area contributed by atoms with Crippen molar-refractivity contribution < 1.29 is 14.3 Å². The quantitative estimate of drug-likeness (QED) is 0.680. The van der Waals surface area contributed by atoms with Gasteiger partial charge in [0.25, 0.3) is 5.91 Å². The number of hydrogen-bond acceptors (Lipinski definition) is 5. The summed E-state index contributed by atoms with van der Waals surface area (Å²) in [5, 5.41) is 6.76. The summed E-state index contributed by atoms with van der Waals surface area (Å²) in [6.07, 6.45) is 1.41. The van der Waals surface area contributed by atoms with Crippen LogP contribution < -0.4 is 0 Å². The SMILES string of the molecule is O=C(c1cc(-c2cccs2)nn1-c1ccccc1)N1CCC2(CC1)OCCO2. The van der Waals surface area contributed by atoms with Crippen LogP contribution >= 0.6 is 11.3 Å². The largest absolute Gasteiger partial charge is 0.347 e. The first-order valence-corrected chi connectivity index (χ1v) is 10.4. The average molecular weight is 395 g/mol. The zero-order valence-corrected chi connectivity index (χ0v) is 16.2. The number of piperidine rings is 1. The first-order chi connectivity index (χ1) is 13.7. The molecule has 1 amide bonds. The second-order valence-corrected chi connectivity index (χ2v) is 7.99. The smallest absolute Gasteiger partial charge is 0.272 e. The van der Waals surface area contributed by atoms with Crippen molar-refractivity contribution in [3.05, 3.63) is 59.6 Å². The Morgan fingerprint density at radius 2 is 1.79 bits per heavy atom. The summed E-state index contributed by atoms with van der Waals surface area (Å²) >= 11 is 1.62. The molecule has 2 saturated heterocycles. The molecular formula is C21H21N3O3S. The molecule has 28 heavy (non-hydrogen) atoms. The number of nitrogens with zero attached hydrogens (tertiary/aromatic N) is 3. The third-order valence-corrected chi connectivity index (χ3v) is 6.22. The van der Waals surface area contributed by atoms with Crippen LogP contribution in [-0.2, 0) is 9.47 Å². The van der Waals surface area contributed by atoms with Crippen LogP contribution in [0.15, 0.2) is 53.9 Å². The molecule has 144 valence electrons. The van der Waals surface area contributed by atoms with Crippen molar-refractivity contribution in [1.29, 1.82) is 0 Å². The lowest BCUT2D eigenvalue weighted by Crippen LogP contribution is -2.47. The van der Waals surface area contributed by atoms with E-state index < -0.39 is 5.79 Å². The molecule has 6 nitrogen and oxygen atoms in total. The van der Waals surface area contributed by atoms with Crippen LogP contribution in [0.25, 0.3) is 16.3 Å². The molecule has 3 aromatic rings. The molecule has 0 aliphatic carbocycles. The Morgan fingerprint density at radius 3 is 2.46 bits per heavy atom. The van der Waals surface area contributed by atoms with Crippen molar-refractivity contribution in [3.63, 3.8) is 0 Å². The Kier molecular flexibility index (Phi) is 4.50. The van der Waals surface area contributed by atoms with Gasteiger partial charge in [0.05, 0.1) is 23.8 Å². The molecular weight excluding hydrogens is 374 g/mol. The number of rotatable bonds is 3. The molecule has 5 rings (SSSR count). The fourth-order valence-electron chi connectivity index (χ4n) is 3.84. The molecule has 2 aliphatic rings. The minimum Gasteiger partial charge on any atom is -0.347 e. The van der Waals surface area contributed by atoms with E-state index >= 15 is 0 Å². The van der Waals surface area contributed by atoms with Crippen molar-refractivity contribution in [2.45, 2.75) is 18.6 Å². The average Bonchev–Trinajstić information content (AvgIpc) is 3.49. The third kappa shape index (κ3) is 3.15. The maximum Gasteiger partial charge on any atom is 0.272 e. The third-order valence-electron chi connectivity index (χ3n) is 5.33.